The lowest BCUT2D eigenvalue weighted by Crippen LogP contribution is -2.35. The SMILES string of the molecule is COc1cc2c(cc1OC)[C@@H](C)N([S@](=O)c1ccc(C)cc1)CC2. The van der Waals surface area contributed by atoms with Crippen LogP contribution in [0.25, 0.3) is 0 Å². The Kier molecular flexibility index (Phi) is 4.92. The molecule has 0 radical (unpaired) electrons. The van der Waals surface area contributed by atoms with Crippen LogP contribution in [-0.2, 0) is 17.4 Å². The van der Waals surface area contributed by atoms with Gasteiger partial charge in [0.15, 0.2) is 11.5 Å². The minimum Gasteiger partial charge on any atom is -0.493 e. The van der Waals surface area contributed by atoms with Crippen LogP contribution < -0.4 is 9.47 Å². The molecule has 4 nitrogen and oxygen atoms in total. The topological polar surface area (TPSA) is 38.8 Å². The van der Waals surface area contributed by atoms with Crippen LogP contribution >= 0.6 is 0 Å². The van der Waals surface area contributed by atoms with Crippen LogP contribution in [0.3, 0.4) is 0 Å². The van der Waals surface area contributed by atoms with Crippen LogP contribution in [0.5, 0.6) is 11.5 Å². The van der Waals surface area contributed by atoms with Gasteiger partial charge in [-0.2, -0.15) is 0 Å². The summed E-state index contributed by atoms with van der Waals surface area (Å²) in [5.74, 6) is 1.46. The highest BCUT2D eigenvalue weighted by atomic mass is 32.2. The molecule has 0 bridgehead atoms. The van der Waals surface area contributed by atoms with Crippen molar-refractivity contribution in [3.05, 3.63) is 53.1 Å². The number of hydrogen-bond acceptors (Lipinski definition) is 3. The molecule has 0 N–H and O–H groups in total. The van der Waals surface area contributed by atoms with E-state index in [4.69, 9.17) is 9.47 Å². The molecule has 128 valence electrons. The van der Waals surface area contributed by atoms with Crippen LogP contribution in [-0.4, -0.2) is 29.3 Å². The lowest BCUT2D eigenvalue weighted by Gasteiger charge is -2.34. The van der Waals surface area contributed by atoms with Gasteiger partial charge in [0.2, 0.25) is 0 Å². The van der Waals surface area contributed by atoms with Crippen molar-refractivity contribution in [2.75, 3.05) is 20.8 Å². The number of benzene rings is 2. The second-order valence-corrected chi connectivity index (χ2v) is 7.47. The van der Waals surface area contributed by atoms with E-state index < -0.39 is 11.0 Å². The molecule has 3 rings (SSSR count). The third-order valence-electron chi connectivity index (χ3n) is 4.56. The van der Waals surface area contributed by atoms with Gasteiger partial charge >= 0.3 is 0 Å². The number of rotatable bonds is 4. The third-order valence-corrected chi connectivity index (χ3v) is 6.16. The van der Waals surface area contributed by atoms with E-state index in [-0.39, 0.29) is 6.04 Å². The van der Waals surface area contributed by atoms with Crippen molar-refractivity contribution in [3.8, 4) is 11.5 Å². The average Bonchev–Trinajstić information content (AvgIpc) is 2.61. The van der Waals surface area contributed by atoms with Crippen molar-refractivity contribution in [2.45, 2.75) is 31.2 Å². The Hall–Kier alpha value is -1.85. The summed E-state index contributed by atoms with van der Waals surface area (Å²) in [6.45, 7) is 4.88. The van der Waals surface area contributed by atoms with E-state index in [9.17, 15) is 4.21 Å². The number of hydrogen-bond donors (Lipinski definition) is 0. The van der Waals surface area contributed by atoms with Gasteiger partial charge in [-0.05, 0) is 55.7 Å². The highest BCUT2D eigenvalue weighted by molar-refractivity contribution is 7.82. The van der Waals surface area contributed by atoms with Gasteiger partial charge in [-0.15, -0.1) is 0 Å². The maximum atomic E-state index is 13.0. The Morgan fingerprint density at radius 3 is 2.33 bits per heavy atom. The maximum absolute atomic E-state index is 13.0. The van der Waals surface area contributed by atoms with Crippen molar-refractivity contribution in [2.24, 2.45) is 0 Å². The van der Waals surface area contributed by atoms with Crippen molar-refractivity contribution in [1.29, 1.82) is 0 Å². The molecule has 0 saturated carbocycles. The van der Waals surface area contributed by atoms with E-state index in [2.05, 4.69) is 6.92 Å². The molecular formula is C19H23NO3S. The first-order valence-electron chi connectivity index (χ1n) is 8.05. The predicted octanol–water partition coefficient (Wildman–Crippen LogP) is 3.65. The first-order chi connectivity index (χ1) is 11.5. The lowest BCUT2D eigenvalue weighted by atomic mass is 9.94. The van der Waals surface area contributed by atoms with Crippen LogP contribution in [0.2, 0.25) is 0 Å². The summed E-state index contributed by atoms with van der Waals surface area (Å²) in [5, 5.41) is 0. The molecule has 0 spiro atoms. The molecule has 24 heavy (non-hydrogen) atoms. The summed E-state index contributed by atoms with van der Waals surface area (Å²) in [7, 11) is 2.12. The molecule has 1 heterocycles. The predicted molar refractivity (Wildman–Crippen MR) is 96.0 cm³/mol. The van der Waals surface area contributed by atoms with Gasteiger partial charge in [-0.25, -0.2) is 8.51 Å². The highest BCUT2D eigenvalue weighted by Crippen LogP contribution is 2.39. The molecule has 2 aromatic rings. The van der Waals surface area contributed by atoms with Crippen LogP contribution in [0.4, 0.5) is 0 Å². The van der Waals surface area contributed by atoms with Crippen LogP contribution in [0.1, 0.15) is 29.7 Å². The zero-order valence-corrected chi connectivity index (χ0v) is 15.4. The number of nitrogens with zero attached hydrogens (tertiary/aromatic N) is 1. The van der Waals surface area contributed by atoms with E-state index in [0.29, 0.717) is 5.75 Å². The van der Waals surface area contributed by atoms with Crippen LogP contribution in [0, 0.1) is 6.92 Å². The Bertz CT molecular complexity index is 758. The fraction of sp³-hybridized carbons (Fsp3) is 0.368. The summed E-state index contributed by atoms with van der Waals surface area (Å²) in [5.41, 5.74) is 3.56. The van der Waals surface area contributed by atoms with Gasteiger partial charge in [0, 0.05) is 12.6 Å². The zero-order valence-electron chi connectivity index (χ0n) is 14.5. The minimum absolute atomic E-state index is 0.0516. The van der Waals surface area contributed by atoms with E-state index in [1.165, 1.54) is 11.1 Å². The van der Waals surface area contributed by atoms with E-state index in [1.54, 1.807) is 14.2 Å². The van der Waals surface area contributed by atoms with Gasteiger partial charge in [0.05, 0.1) is 19.1 Å². The summed E-state index contributed by atoms with van der Waals surface area (Å²) in [6.07, 6.45) is 0.845. The van der Waals surface area contributed by atoms with Gasteiger partial charge in [-0.3, -0.25) is 0 Å². The molecule has 2 aromatic carbocycles. The molecule has 0 fully saturated rings. The fourth-order valence-electron chi connectivity index (χ4n) is 3.14. The second kappa shape index (κ2) is 6.95. The molecule has 1 aliphatic rings. The summed E-state index contributed by atoms with van der Waals surface area (Å²) in [4.78, 5) is 0.844. The van der Waals surface area contributed by atoms with E-state index in [1.807, 2.05) is 47.6 Å². The molecular weight excluding hydrogens is 322 g/mol. The Morgan fingerprint density at radius 1 is 1.08 bits per heavy atom. The zero-order chi connectivity index (χ0) is 17.3. The largest absolute Gasteiger partial charge is 0.493 e. The molecule has 0 saturated heterocycles. The Balaban J connectivity index is 1.92. The molecule has 0 unspecified atom stereocenters. The first-order valence-corrected chi connectivity index (χ1v) is 9.15. The fourth-order valence-corrected chi connectivity index (χ4v) is 4.44. The number of fused-ring (bicyclic) bond motifs is 1. The normalized spacial score (nSPS) is 18.8. The molecule has 5 heteroatoms. The van der Waals surface area contributed by atoms with Gasteiger partial charge in [-0.1, -0.05) is 17.7 Å². The molecule has 0 aromatic heterocycles. The van der Waals surface area contributed by atoms with Gasteiger partial charge in [0.1, 0.15) is 11.0 Å². The quantitative estimate of drug-likeness (QED) is 0.849. The number of methoxy groups -OCH3 is 2. The highest BCUT2D eigenvalue weighted by Gasteiger charge is 2.30. The second-order valence-electron chi connectivity index (χ2n) is 6.03. The Morgan fingerprint density at radius 2 is 1.71 bits per heavy atom. The van der Waals surface area contributed by atoms with Gasteiger partial charge in [0.25, 0.3) is 0 Å². The summed E-state index contributed by atoms with van der Waals surface area (Å²) in [6, 6.07) is 12.0. The van der Waals surface area contributed by atoms with Crippen LogP contribution in [0.15, 0.2) is 41.3 Å². The minimum atomic E-state index is -1.17. The summed E-state index contributed by atoms with van der Waals surface area (Å²) < 4.78 is 25.8. The van der Waals surface area contributed by atoms with E-state index >= 15 is 0 Å². The number of aryl methyl sites for hydroxylation is 1. The van der Waals surface area contributed by atoms with Crippen molar-refractivity contribution in [1.82, 2.24) is 4.31 Å². The monoisotopic (exact) mass is 345 g/mol. The number of ether oxygens (including phenoxy) is 2. The third kappa shape index (κ3) is 3.06. The average molecular weight is 345 g/mol. The smallest absolute Gasteiger partial charge is 0.161 e. The lowest BCUT2D eigenvalue weighted by molar-refractivity contribution is 0.332. The first kappa shape index (κ1) is 17.0. The van der Waals surface area contributed by atoms with Crippen molar-refractivity contribution >= 4 is 11.0 Å². The molecule has 0 aliphatic carbocycles. The maximum Gasteiger partial charge on any atom is 0.161 e. The molecule has 2 atom stereocenters. The van der Waals surface area contributed by atoms with Crippen molar-refractivity contribution in [3.63, 3.8) is 0 Å². The van der Waals surface area contributed by atoms with Crippen molar-refractivity contribution < 1.29 is 13.7 Å². The van der Waals surface area contributed by atoms with Gasteiger partial charge < -0.3 is 9.47 Å². The molecule has 1 aliphatic heterocycles. The Labute approximate surface area is 146 Å². The van der Waals surface area contributed by atoms with E-state index in [0.717, 1.165) is 29.2 Å². The molecule has 0 amide bonds. The standard InChI is InChI=1S/C19H23NO3S/c1-13-5-7-16(8-6-13)24(21)20-10-9-15-11-18(22-3)19(23-4)12-17(15)14(20)2/h5-8,11-12,14H,9-10H2,1-4H3/t14-,24-/m1/s1. The summed E-state index contributed by atoms with van der Waals surface area (Å²) >= 11 is 0.